The summed E-state index contributed by atoms with van der Waals surface area (Å²) in [7, 11) is 0. The van der Waals surface area contributed by atoms with E-state index in [0.29, 0.717) is 37.0 Å². The van der Waals surface area contributed by atoms with Crippen molar-refractivity contribution in [1.29, 1.82) is 0 Å². The Bertz CT molecular complexity index is 1320. The van der Waals surface area contributed by atoms with Gasteiger partial charge in [0, 0.05) is 11.0 Å². The number of fused-ring (bicyclic) bond motifs is 9. The highest BCUT2D eigenvalue weighted by molar-refractivity contribution is 14.1. The molecule has 0 radical (unpaired) electrons. The lowest BCUT2D eigenvalue weighted by Gasteiger charge is -2.58. The monoisotopic (exact) mass is 854 g/mol. The Balaban J connectivity index is 0.00000289. The zero-order chi connectivity index (χ0) is 27.5. The first kappa shape index (κ1) is 30.1. The third-order valence-corrected chi connectivity index (χ3v) is 14.8. The molecule has 4 aliphatic carbocycles. The molecule has 2 aliphatic heterocycles. The Morgan fingerprint density at radius 3 is 2.62 bits per heavy atom. The first-order valence-corrected chi connectivity index (χ1v) is 17.4. The molecule has 3 saturated carbocycles. The molecule has 4 unspecified atom stereocenters. The molecule has 0 bridgehead atoms. The number of hydrogen-bond acceptors (Lipinski definition) is 6. The summed E-state index contributed by atoms with van der Waals surface area (Å²) in [5.41, 5.74) is 1.26. The number of thioether (sulfide) groups is 1. The highest BCUT2D eigenvalue weighted by atomic mass is 127. The SMILES string of the molecule is C[C@]12CCC(O)CC1=CCC1C2CC[C@@]2(C)C1C[C@H]1SC3=[N+](CC(=O)c4cc(I)c(O)c(I)c4)CCN3[C@]12O.[Br-]. The van der Waals surface area contributed by atoms with Gasteiger partial charge in [-0.2, -0.15) is 0 Å². The summed E-state index contributed by atoms with van der Waals surface area (Å²) in [6, 6.07) is 3.54. The average molecular weight is 855 g/mol. The van der Waals surface area contributed by atoms with E-state index in [-0.39, 0.29) is 50.7 Å². The number of phenolic OH excluding ortho intramolecular Hbond substituents is 1. The van der Waals surface area contributed by atoms with E-state index in [4.69, 9.17) is 0 Å². The molecule has 6 nitrogen and oxygen atoms in total. The number of amidine groups is 1. The van der Waals surface area contributed by atoms with Gasteiger partial charge in [-0.25, -0.2) is 9.48 Å². The Kier molecular flexibility index (Phi) is 7.80. The minimum atomic E-state index is -0.878. The Labute approximate surface area is 278 Å². The van der Waals surface area contributed by atoms with Crippen LogP contribution < -0.4 is 17.0 Å². The molecular weight excluding hydrogens is 818 g/mol. The van der Waals surface area contributed by atoms with Crippen molar-refractivity contribution >= 4 is 67.9 Å². The molecule has 1 aromatic rings. The molecule has 0 amide bonds. The van der Waals surface area contributed by atoms with Gasteiger partial charge >= 0.3 is 5.17 Å². The zero-order valence-corrected chi connectivity index (χ0v) is 29.6. The number of aromatic hydroxyl groups is 1. The van der Waals surface area contributed by atoms with Crippen LogP contribution in [0.2, 0.25) is 0 Å². The summed E-state index contributed by atoms with van der Waals surface area (Å²) in [6.07, 6.45) is 9.39. The van der Waals surface area contributed by atoms with Gasteiger partial charge in [0.2, 0.25) is 11.5 Å². The number of allylic oxidation sites excluding steroid dienone is 1. The van der Waals surface area contributed by atoms with Crippen molar-refractivity contribution in [3.63, 3.8) is 0 Å². The third kappa shape index (κ3) is 4.10. The number of halogens is 3. The van der Waals surface area contributed by atoms with Crippen LogP contribution in [0, 0.1) is 35.7 Å². The third-order valence-electron chi connectivity index (χ3n) is 11.7. The van der Waals surface area contributed by atoms with E-state index in [1.54, 1.807) is 23.9 Å². The molecule has 0 aromatic heterocycles. The van der Waals surface area contributed by atoms with Crippen LogP contribution in [0.1, 0.15) is 69.2 Å². The molecule has 7 rings (SSSR count). The standard InChI is InChI=1S/C30H36I2N2O4S.BrH/c1-28-7-5-18(35)13-17(28)3-4-19-20(28)6-8-29(2)21(19)14-25-30(29,38)34-10-9-33(27(34)39-25)15-24(36)16-11-22(31)26(37)23(32)12-16;/h3,11-12,18-21,25,35,38H,4-10,13-15H2,1-2H3;1H/t18?,19?,20?,21?,25-,28+,29+,30+;/m1./s1. The van der Waals surface area contributed by atoms with Crippen molar-refractivity contribution in [2.24, 2.45) is 28.6 Å². The second kappa shape index (κ2) is 10.3. The number of carbonyl (C=O) groups is 1. The number of carbonyl (C=O) groups excluding carboxylic acids is 1. The van der Waals surface area contributed by atoms with Crippen molar-refractivity contribution in [3.05, 3.63) is 36.5 Å². The number of nitrogens with zero attached hydrogens (tertiary/aromatic N) is 2. The van der Waals surface area contributed by atoms with Crippen LogP contribution >= 0.6 is 56.9 Å². The number of aliphatic hydroxyl groups is 2. The fourth-order valence-corrected chi connectivity index (χ4v) is 13.1. The summed E-state index contributed by atoms with van der Waals surface area (Å²) >= 11 is 5.96. The van der Waals surface area contributed by atoms with E-state index in [2.05, 4.69) is 74.6 Å². The summed E-state index contributed by atoms with van der Waals surface area (Å²) in [5, 5.41) is 34.3. The van der Waals surface area contributed by atoms with E-state index in [0.717, 1.165) is 63.2 Å². The molecule has 40 heavy (non-hydrogen) atoms. The summed E-state index contributed by atoms with van der Waals surface area (Å²) in [4.78, 5) is 15.6. The number of rotatable bonds is 3. The van der Waals surface area contributed by atoms with Crippen molar-refractivity contribution < 1.29 is 41.7 Å². The highest BCUT2D eigenvalue weighted by Crippen LogP contribution is 2.70. The van der Waals surface area contributed by atoms with Crippen LogP contribution in [0.4, 0.5) is 0 Å². The molecule has 0 spiro atoms. The van der Waals surface area contributed by atoms with Crippen LogP contribution in [-0.4, -0.2) is 72.5 Å². The molecule has 4 fully saturated rings. The van der Waals surface area contributed by atoms with Gasteiger partial charge in [0.05, 0.1) is 18.5 Å². The fourth-order valence-electron chi connectivity index (χ4n) is 9.53. The van der Waals surface area contributed by atoms with Crippen molar-refractivity contribution in [3.8, 4) is 5.75 Å². The van der Waals surface area contributed by atoms with Crippen LogP contribution in [0.5, 0.6) is 5.75 Å². The number of Topliss-reactive ketones (excluding diaryl/α,β-unsaturated/α-hetero) is 1. The lowest BCUT2D eigenvalue weighted by Crippen LogP contribution is -3.00. The fraction of sp³-hybridized carbons (Fsp3) is 0.667. The topological polar surface area (TPSA) is 84.0 Å². The predicted molar refractivity (Wildman–Crippen MR) is 169 cm³/mol. The maximum absolute atomic E-state index is 13.3. The Morgan fingerprint density at radius 2 is 1.90 bits per heavy atom. The largest absolute Gasteiger partial charge is 1.00 e. The molecule has 218 valence electrons. The molecule has 10 heteroatoms. The second-order valence-corrected chi connectivity index (χ2v) is 16.7. The molecule has 2 heterocycles. The predicted octanol–water partition coefficient (Wildman–Crippen LogP) is 2.21. The lowest BCUT2D eigenvalue weighted by molar-refractivity contribution is -0.501. The molecule has 1 aromatic carbocycles. The van der Waals surface area contributed by atoms with E-state index < -0.39 is 5.72 Å². The quantitative estimate of drug-likeness (QED) is 0.188. The molecule has 6 aliphatic rings. The van der Waals surface area contributed by atoms with Crippen LogP contribution in [-0.2, 0) is 0 Å². The van der Waals surface area contributed by atoms with Crippen molar-refractivity contribution in [2.45, 2.75) is 75.9 Å². The number of hydrogen-bond donors (Lipinski definition) is 3. The Hall–Kier alpha value is 0.110. The first-order valence-electron chi connectivity index (χ1n) is 14.3. The van der Waals surface area contributed by atoms with E-state index in [1.807, 2.05) is 0 Å². The van der Waals surface area contributed by atoms with Crippen LogP contribution in [0.15, 0.2) is 23.8 Å². The first-order chi connectivity index (χ1) is 18.5. The van der Waals surface area contributed by atoms with E-state index >= 15 is 0 Å². The van der Waals surface area contributed by atoms with Gasteiger partial charge in [-0.15, -0.1) is 0 Å². The number of aliphatic hydroxyl groups excluding tert-OH is 1. The number of phenols is 1. The number of ketones is 1. The lowest BCUT2D eigenvalue weighted by atomic mass is 9.47. The van der Waals surface area contributed by atoms with Gasteiger partial charge in [0.15, 0.2) is 0 Å². The molecular formula is C30H37BrI2N2O4S. The Morgan fingerprint density at radius 1 is 1.18 bits per heavy atom. The smallest absolute Gasteiger partial charge is 0.312 e. The summed E-state index contributed by atoms with van der Waals surface area (Å²) in [5.74, 6) is 1.99. The summed E-state index contributed by atoms with van der Waals surface area (Å²) < 4.78 is 3.55. The maximum atomic E-state index is 13.3. The van der Waals surface area contributed by atoms with Gasteiger partial charge in [-0.05, 0) is 137 Å². The zero-order valence-electron chi connectivity index (χ0n) is 22.9. The van der Waals surface area contributed by atoms with Gasteiger partial charge in [-0.3, -0.25) is 4.79 Å². The van der Waals surface area contributed by atoms with Gasteiger partial charge in [0.1, 0.15) is 25.4 Å². The van der Waals surface area contributed by atoms with Crippen molar-refractivity contribution in [2.75, 3.05) is 19.6 Å². The summed E-state index contributed by atoms with van der Waals surface area (Å²) in [6.45, 7) is 6.61. The normalized spacial score (nSPS) is 41.4. The number of benzene rings is 1. The molecule has 1 saturated heterocycles. The van der Waals surface area contributed by atoms with Gasteiger partial charge < -0.3 is 32.3 Å². The van der Waals surface area contributed by atoms with Gasteiger partial charge in [0.25, 0.3) is 0 Å². The van der Waals surface area contributed by atoms with Gasteiger partial charge in [-0.1, -0.05) is 25.5 Å². The van der Waals surface area contributed by atoms with E-state index in [9.17, 15) is 20.1 Å². The van der Waals surface area contributed by atoms with Crippen LogP contribution in [0.3, 0.4) is 0 Å². The van der Waals surface area contributed by atoms with Crippen molar-refractivity contribution in [1.82, 2.24) is 4.90 Å². The minimum Gasteiger partial charge on any atom is -1.00 e. The van der Waals surface area contributed by atoms with E-state index in [1.165, 1.54) is 5.57 Å². The maximum Gasteiger partial charge on any atom is 0.312 e. The highest BCUT2D eigenvalue weighted by Gasteiger charge is 2.76. The molecule has 3 N–H and O–H groups in total. The minimum absolute atomic E-state index is 0. The second-order valence-electron chi connectivity index (χ2n) is 13.2. The molecule has 8 atom stereocenters. The average Bonchev–Trinajstić information content (AvgIpc) is 3.49. The van der Waals surface area contributed by atoms with Crippen LogP contribution in [0.25, 0.3) is 0 Å².